The summed E-state index contributed by atoms with van der Waals surface area (Å²) < 4.78 is 0. The Bertz CT molecular complexity index is 168. The second-order valence-electron chi connectivity index (χ2n) is 2.68. The predicted octanol–water partition coefficient (Wildman–Crippen LogP) is 0.752. The molecule has 0 bridgehead atoms. The molecule has 0 aromatic carbocycles. The second kappa shape index (κ2) is 2.99. The number of hydrogen-bond donors (Lipinski definition) is 2. The molecule has 4 N–H and O–H groups in total. The van der Waals surface area contributed by atoms with Gasteiger partial charge in [0.05, 0.1) is 6.17 Å². The van der Waals surface area contributed by atoms with E-state index in [0.717, 1.165) is 12.0 Å². The van der Waals surface area contributed by atoms with Crippen LogP contribution < -0.4 is 11.5 Å². The molecule has 0 aliphatic heterocycles. The molecule has 1 aliphatic rings. The Morgan fingerprint density at radius 1 is 1.60 bits per heavy atom. The summed E-state index contributed by atoms with van der Waals surface area (Å²) >= 11 is 0. The number of hydrogen-bond acceptors (Lipinski definition) is 2. The average Bonchev–Trinajstić information content (AvgIpc) is 1.88. The van der Waals surface area contributed by atoms with Gasteiger partial charge >= 0.3 is 0 Å². The third kappa shape index (κ3) is 1.46. The minimum atomic E-state index is -0.278. The molecule has 10 heavy (non-hydrogen) atoms. The number of rotatable bonds is 1. The van der Waals surface area contributed by atoms with Crippen LogP contribution >= 0.6 is 0 Å². The molecule has 0 saturated carbocycles. The standard InChI is InChI=1S/C8H14N2/c1-6-4-2-3-5-7(6)8(9)10/h2,4-6,8H,3,9-10H2,1H3. The van der Waals surface area contributed by atoms with Crippen LogP contribution in [0.15, 0.2) is 23.8 Å². The summed E-state index contributed by atoms with van der Waals surface area (Å²) in [7, 11) is 0. The van der Waals surface area contributed by atoms with Crippen molar-refractivity contribution >= 4 is 0 Å². The van der Waals surface area contributed by atoms with E-state index in [2.05, 4.69) is 25.2 Å². The van der Waals surface area contributed by atoms with E-state index in [1.807, 2.05) is 0 Å². The first-order valence-corrected chi connectivity index (χ1v) is 3.59. The largest absolute Gasteiger partial charge is 0.313 e. The van der Waals surface area contributed by atoms with Crippen molar-refractivity contribution in [1.82, 2.24) is 0 Å². The molecular weight excluding hydrogens is 124 g/mol. The van der Waals surface area contributed by atoms with Gasteiger partial charge in [0, 0.05) is 0 Å². The Labute approximate surface area is 61.6 Å². The normalized spacial score (nSPS) is 25.2. The Hall–Kier alpha value is -0.600. The lowest BCUT2D eigenvalue weighted by Crippen LogP contribution is -2.35. The highest BCUT2D eigenvalue weighted by atomic mass is 14.9. The van der Waals surface area contributed by atoms with Gasteiger partial charge in [-0.2, -0.15) is 0 Å². The van der Waals surface area contributed by atoms with E-state index >= 15 is 0 Å². The van der Waals surface area contributed by atoms with Crippen molar-refractivity contribution in [2.45, 2.75) is 19.5 Å². The maximum absolute atomic E-state index is 5.53. The molecule has 1 aliphatic carbocycles. The Morgan fingerprint density at radius 3 is 2.70 bits per heavy atom. The summed E-state index contributed by atoms with van der Waals surface area (Å²) in [5, 5.41) is 0. The summed E-state index contributed by atoms with van der Waals surface area (Å²) in [4.78, 5) is 0. The highest BCUT2D eigenvalue weighted by molar-refractivity contribution is 5.22. The first-order valence-electron chi connectivity index (χ1n) is 3.59. The number of nitrogens with two attached hydrogens (primary N) is 2. The molecule has 0 spiro atoms. The van der Waals surface area contributed by atoms with Crippen LogP contribution in [0.5, 0.6) is 0 Å². The average molecular weight is 138 g/mol. The summed E-state index contributed by atoms with van der Waals surface area (Å²) in [6.07, 6.45) is 7.08. The fourth-order valence-corrected chi connectivity index (χ4v) is 1.22. The van der Waals surface area contributed by atoms with Crippen molar-refractivity contribution in [3.63, 3.8) is 0 Å². The SMILES string of the molecule is CC1C=CCC=C1C(N)N. The zero-order valence-electron chi connectivity index (χ0n) is 6.25. The van der Waals surface area contributed by atoms with Crippen molar-refractivity contribution < 1.29 is 0 Å². The lowest BCUT2D eigenvalue weighted by molar-refractivity contribution is 0.690. The van der Waals surface area contributed by atoms with Gasteiger partial charge in [0.1, 0.15) is 0 Å². The van der Waals surface area contributed by atoms with Gasteiger partial charge in [0.15, 0.2) is 0 Å². The van der Waals surface area contributed by atoms with Crippen molar-refractivity contribution in [2.75, 3.05) is 0 Å². The lowest BCUT2D eigenvalue weighted by Gasteiger charge is -2.18. The molecule has 1 rings (SSSR count). The smallest absolute Gasteiger partial charge is 0.0749 e. The Balaban J connectivity index is 2.66. The van der Waals surface area contributed by atoms with E-state index in [-0.39, 0.29) is 6.17 Å². The minimum Gasteiger partial charge on any atom is -0.313 e. The Kier molecular flexibility index (Phi) is 2.25. The Morgan fingerprint density at radius 2 is 2.30 bits per heavy atom. The van der Waals surface area contributed by atoms with Crippen LogP contribution in [0.1, 0.15) is 13.3 Å². The summed E-state index contributed by atoms with van der Waals surface area (Å²) in [6.45, 7) is 2.11. The maximum Gasteiger partial charge on any atom is 0.0749 e. The zero-order valence-corrected chi connectivity index (χ0v) is 6.25. The van der Waals surface area contributed by atoms with E-state index in [1.165, 1.54) is 0 Å². The molecule has 0 radical (unpaired) electrons. The van der Waals surface area contributed by atoms with Crippen LogP contribution in [-0.4, -0.2) is 6.17 Å². The van der Waals surface area contributed by atoms with Crippen molar-refractivity contribution in [2.24, 2.45) is 17.4 Å². The van der Waals surface area contributed by atoms with Crippen LogP contribution in [0, 0.1) is 5.92 Å². The lowest BCUT2D eigenvalue weighted by atomic mass is 9.93. The van der Waals surface area contributed by atoms with E-state index < -0.39 is 0 Å². The predicted molar refractivity (Wildman–Crippen MR) is 43.2 cm³/mol. The number of allylic oxidation sites excluding steroid dienone is 3. The molecule has 1 unspecified atom stereocenters. The second-order valence-corrected chi connectivity index (χ2v) is 2.68. The third-order valence-electron chi connectivity index (χ3n) is 1.83. The van der Waals surface area contributed by atoms with Gasteiger partial charge < -0.3 is 11.5 Å². The quantitative estimate of drug-likeness (QED) is 0.415. The van der Waals surface area contributed by atoms with Gasteiger partial charge in [-0.1, -0.05) is 25.2 Å². The van der Waals surface area contributed by atoms with Crippen molar-refractivity contribution in [3.05, 3.63) is 23.8 Å². The molecule has 0 amide bonds. The molecule has 0 heterocycles. The van der Waals surface area contributed by atoms with Crippen LogP contribution in [0.4, 0.5) is 0 Å². The first kappa shape index (κ1) is 7.51. The van der Waals surface area contributed by atoms with Gasteiger partial charge in [0.25, 0.3) is 0 Å². The highest BCUT2D eigenvalue weighted by Gasteiger charge is 2.11. The monoisotopic (exact) mass is 138 g/mol. The zero-order chi connectivity index (χ0) is 7.56. The molecular formula is C8H14N2. The first-order chi connectivity index (χ1) is 4.72. The van der Waals surface area contributed by atoms with Gasteiger partial charge in [-0.15, -0.1) is 0 Å². The van der Waals surface area contributed by atoms with Crippen molar-refractivity contribution in [3.8, 4) is 0 Å². The molecule has 2 heteroatoms. The third-order valence-corrected chi connectivity index (χ3v) is 1.83. The van der Waals surface area contributed by atoms with Crippen LogP contribution in [0.2, 0.25) is 0 Å². The molecule has 2 nitrogen and oxygen atoms in total. The fourth-order valence-electron chi connectivity index (χ4n) is 1.22. The molecule has 56 valence electrons. The van der Waals surface area contributed by atoms with E-state index in [1.54, 1.807) is 0 Å². The van der Waals surface area contributed by atoms with E-state index in [4.69, 9.17) is 11.5 Å². The van der Waals surface area contributed by atoms with Gasteiger partial charge in [-0.05, 0) is 17.9 Å². The van der Waals surface area contributed by atoms with Gasteiger partial charge in [0.2, 0.25) is 0 Å². The molecule has 0 fully saturated rings. The highest BCUT2D eigenvalue weighted by Crippen LogP contribution is 2.18. The van der Waals surface area contributed by atoms with Crippen LogP contribution in [0.3, 0.4) is 0 Å². The van der Waals surface area contributed by atoms with Crippen LogP contribution in [0.25, 0.3) is 0 Å². The van der Waals surface area contributed by atoms with E-state index in [9.17, 15) is 0 Å². The van der Waals surface area contributed by atoms with E-state index in [0.29, 0.717) is 5.92 Å². The maximum atomic E-state index is 5.53. The van der Waals surface area contributed by atoms with Gasteiger partial charge in [-0.25, -0.2) is 0 Å². The summed E-state index contributed by atoms with van der Waals surface area (Å²) in [5.41, 5.74) is 12.2. The topological polar surface area (TPSA) is 52.0 Å². The molecule has 0 aromatic rings. The van der Waals surface area contributed by atoms with Crippen LogP contribution in [-0.2, 0) is 0 Å². The minimum absolute atomic E-state index is 0.278. The molecule has 0 aromatic heterocycles. The summed E-state index contributed by atoms with van der Waals surface area (Å²) in [5.74, 6) is 0.425. The fraction of sp³-hybridized carbons (Fsp3) is 0.500. The van der Waals surface area contributed by atoms with Crippen molar-refractivity contribution in [1.29, 1.82) is 0 Å². The molecule has 0 saturated heterocycles. The molecule has 1 atom stereocenters. The summed E-state index contributed by atoms with van der Waals surface area (Å²) in [6, 6.07) is 0. The van der Waals surface area contributed by atoms with Gasteiger partial charge in [-0.3, -0.25) is 0 Å².